The van der Waals surface area contributed by atoms with Gasteiger partial charge >= 0.3 is 0 Å². The van der Waals surface area contributed by atoms with Gasteiger partial charge in [0, 0.05) is 43.7 Å². The molecule has 0 radical (unpaired) electrons. The zero-order valence-electron chi connectivity index (χ0n) is 18.8. The molecule has 32 heavy (non-hydrogen) atoms. The van der Waals surface area contributed by atoms with E-state index in [0.29, 0.717) is 18.9 Å². The fourth-order valence-electron chi connectivity index (χ4n) is 4.71. The number of aromatic nitrogens is 3. The topological polar surface area (TPSA) is 83.6 Å². The van der Waals surface area contributed by atoms with E-state index in [4.69, 9.17) is 19.4 Å². The smallest absolute Gasteiger partial charge is 0.255 e. The quantitative estimate of drug-likeness (QED) is 0.674. The first-order valence-corrected chi connectivity index (χ1v) is 11.2. The van der Waals surface area contributed by atoms with Crippen LogP contribution in [-0.2, 0) is 24.2 Å². The third kappa shape index (κ3) is 4.20. The summed E-state index contributed by atoms with van der Waals surface area (Å²) in [6, 6.07) is 10.1. The molecule has 0 aliphatic carbocycles. The van der Waals surface area contributed by atoms with Gasteiger partial charge < -0.3 is 14.4 Å². The molecular formula is C24H29N5O3. The monoisotopic (exact) mass is 435 g/mol. The minimum atomic E-state index is -0.0192. The van der Waals surface area contributed by atoms with Gasteiger partial charge in [0.25, 0.3) is 5.56 Å². The van der Waals surface area contributed by atoms with Gasteiger partial charge in [-0.1, -0.05) is 6.07 Å². The van der Waals surface area contributed by atoms with Crippen LogP contribution in [0, 0.1) is 0 Å². The van der Waals surface area contributed by atoms with Crippen molar-refractivity contribution >= 4 is 16.9 Å². The number of hydrogen-bond donors (Lipinski definition) is 1. The van der Waals surface area contributed by atoms with Gasteiger partial charge in [-0.05, 0) is 44.5 Å². The molecule has 0 saturated carbocycles. The summed E-state index contributed by atoms with van der Waals surface area (Å²) >= 11 is 0. The molecule has 8 heteroatoms. The standard InChI is InChI=1S/C24H29N5O3/c1-15-11-29(12-16(2)32-15)24-26-22-14-28(9-8-20(22)23(30)27-24)13-18-5-4-17-10-19(31-3)6-7-21(17)25-18/h4-7,10,15-16H,8-9,11-14H2,1-3H3,(H,26,27,30)/t15-,16-/m1/s1. The lowest BCUT2D eigenvalue weighted by atomic mass is 10.1. The third-order valence-electron chi connectivity index (χ3n) is 6.20. The van der Waals surface area contributed by atoms with Crippen LogP contribution in [0.15, 0.2) is 35.1 Å². The van der Waals surface area contributed by atoms with Gasteiger partial charge in [-0.15, -0.1) is 0 Å². The molecule has 2 aliphatic rings. The summed E-state index contributed by atoms with van der Waals surface area (Å²) < 4.78 is 11.1. The summed E-state index contributed by atoms with van der Waals surface area (Å²) in [5, 5.41) is 1.06. The van der Waals surface area contributed by atoms with Gasteiger partial charge in [0.15, 0.2) is 0 Å². The van der Waals surface area contributed by atoms with Crippen molar-refractivity contribution in [2.45, 2.75) is 45.6 Å². The number of pyridine rings is 1. The van der Waals surface area contributed by atoms with E-state index in [1.54, 1.807) is 7.11 Å². The predicted molar refractivity (Wildman–Crippen MR) is 123 cm³/mol. The molecule has 168 valence electrons. The second-order valence-electron chi connectivity index (χ2n) is 8.80. The molecule has 1 N–H and O–H groups in total. The maximum atomic E-state index is 12.8. The van der Waals surface area contributed by atoms with Crippen LogP contribution in [-0.4, -0.2) is 58.8 Å². The fraction of sp³-hybridized carbons (Fsp3) is 0.458. The van der Waals surface area contributed by atoms with E-state index in [0.717, 1.165) is 59.8 Å². The first kappa shape index (κ1) is 20.9. The molecule has 8 nitrogen and oxygen atoms in total. The molecule has 0 unspecified atom stereocenters. The van der Waals surface area contributed by atoms with E-state index in [2.05, 4.69) is 26.9 Å². The number of anilines is 1. The number of hydrogen-bond acceptors (Lipinski definition) is 7. The third-order valence-corrected chi connectivity index (χ3v) is 6.20. The molecular weight excluding hydrogens is 406 g/mol. The molecule has 0 amide bonds. The predicted octanol–water partition coefficient (Wildman–Crippen LogP) is 2.50. The Labute approximate surface area is 187 Å². The summed E-state index contributed by atoms with van der Waals surface area (Å²) in [5.74, 6) is 1.48. The summed E-state index contributed by atoms with van der Waals surface area (Å²) in [6.07, 6.45) is 0.907. The lowest BCUT2D eigenvalue weighted by Gasteiger charge is -2.36. The van der Waals surface area contributed by atoms with Crippen molar-refractivity contribution in [1.82, 2.24) is 19.9 Å². The molecule has 1 aromatic carbocycles. The van der Waals surface area contributed by atoms with E-state index in [1.165, 1.54) is 0 Å². The number of nitrogens with zero attached hydrogens (tertiary/aromatic N) is 4. The van der Waals surface area contributed by atoms with Crippen LogP contribution in [0.5, 0.6) is 5.75 Å². The van der Waals surface area contributed by atoms with Crippen molar-refractivity contribution in [3.8, 4) is 5.75 Å². The number of ether oxygens (including phenoxy) is 2. The van der Waals surface area contributed by atoms with Gasteiger partial charge in [-0.3, -0.25) is 19.7 Å². The molecule has 3 aromatic rings. The van der Waals surface area contributed by atoms with Gasteiger partial charge in [-0.25, -0.2) is 4.98 Å². The molecule has 0 bridgehead atoms. The molecule has 4 heterocycles. The Hall–Kier alpha value is -2.97. The minimum Gasteiger partial charge on any atom is -0.497 e. The highest BCUT2D eigenvalue weighted by atomic mass is 16.5. The van der Waals surface area contributed by atoms with Crippen molar-refractivity contribution in [3.05, 3.63) is 57.6 Å². The van der Waals surface area contributed by atoms with Crippen LogP contribution >= 0.6 is 0 Å². The summed E-state index contributed by atoms with van der Waals surface area (Å²) in [7, 11) is 1.67. The largest absolute Gasteiger partial charge is 0.497 e. The van der Waals surface area contributed by atoms with Crippen LogP contribution in [0.4, 0.5) is 5.95 Å². The van der Waals surface area contributed by atoms with Crippen LogP contribution in [0.3, 0.4) is 0 Å². The summed E-state index contributed by atoms with van der Waals surface area (Å²) in [5.41, 5.74) is 3.61. The Morgan fingerprint density at radius 2 is 1.97 bits per heavy atom. The lowest BCUT2D eigenvalue weighted by Crippen LogP contribution is -2.47. The maximum Gasteiger partial charge on any atom is 0.255 e. The van der Waals surface area contributed by atoms with Crippen molar-refractivity contribution in [2.75, 3.05) is 31.6 Å². The molecule has 1 saturated heterocycles. The minimum absolute atomic E-state index is 0.0192. The Morgan fingerprint density at radius 1 is 1.16 bits per heavy atom. The second-order valence-corrected chi connectivity index (χ2v) is 8.80. The van der Waals surface area contributed by atoms with Gasteiger partial charge in [-0.2, -0.15) is 0 Å². The van der Waals surface area contributed by atoms with Crippen LogP contribution in [0.1, 0.15) is 30.8 Å². The number of H-pyrrole nitrogens is 1. The highest BCUT2D eigenvalue weighted by molar-refractivity contribution is 5.80. The Kier molecular flexibility index (Phi) is 5.57. The molecule has 2 aliphatic heterocycles. The second kappa shape index (κ2) is 8.52. The number of benzene rings is 1. The summed E-state index contributed by atoms with van der Waals surface area (Å²) in [4.78, 5) is 29.9. The molecule has 2 atom stereocenters. The number of rotatable bonds is 4. The Morgan fingerprint density at radius 3 is 2.75 bits per heavy atom. The number of morpholine rings is 1. The van der Waals surface area contributed by atoms with Gasteiger partial charge in [0.1, 0.15) is 5.75 Å². The average Bonchev–Trinajstić information content (AvgIpc) is 2.78. The SMILES string of the molecule is COc1ccc2nc(CN3CCc4c(nc(N5C[C@@H](C)O[C@H](C)C5)[nH]c4=O)C3)ccc2c1. The fourth-order valence-corrected chi connectivity index (χ4v) is 4.71. The van der Waals surface area contributed by atoms with Crippen LogP contribution < -0.4 is 15.2 Å². The first-order valence-electron chi connectivity index (χ1n) is 11.2. The number of fused-ring (bicyclic) bond motifs is 2. The zero-order chi connectivity index (χ0) is 22.2. The van der Waals surface area contributed by atoms with Crippen molar-refractivity contribution in [2.24, 2.45) is 0 Å². The molecule has 2 aromatic heterocycles. The first-order chi connectivity index (χ1) is 15.5. The number of methoxy groups -OCH3 is 1. The normalized spacial score (nSPS) is 21.5. The highest BCUT2D eigenvalue weighted by Gasteiger charge is 2.27. The molecule has 0 spiro atoms. The number of aromatic amines is 1. The maximum absolute atomic E-state index is 12.8. The van der Waals surface area contributed by atoms with E-state index in [1.807, 2.05) is 32.0 Å². The van der Waals surface area contributed by atoms with E-state index < -0.39 is 0 Å². The van der Waals surface area contributed by atoms with Gasteiger partial charge in [0.05, 0.1) is 36.2 Å². The van der Waals surface area contributed by atoms with Crippen molar-refractivity contribution < 1.29 is 9.47 Å². The van der Waals surface area contributed by atoms with Crippen molar-refractivity contribution in [1.29, 1.82) is 0 Å². The summed E-state index contributed by atoms with van der Waals surface area (Å²) in [6.45, 7) is 7.72. The Bertz CT molecular complexity index is 1180. The van der Waals surface area contributed by atoms with E-state index in [-0.39, 0.29) is 17.8 Å². The van der Waals surface area contributed by atoms with Crippen LogP contribution in [0.2, 0.25) is 0 Å². The van der Waals surface area contributed by atoms with Crippen LogP contribution in [0.25, 0.3) is 10.9 Å². The van der Waals surface area contributed by atoms with Gasteiger partial charge in [0.2, 0.25) is 5.95 Å². The van der Waals surface area contributed by atoms with Crippen molar-refractivity contribution in [3.63, 3.8) is 0 Å². The Balaban J connectivity index is 1.35. The molecule has 1 fully saturated rings. The van der Waals surface area contributed by atoms with E-state index in [9.17, 15) is 4.79 Å². The number of nitrogens with one attached hydrogen (secondary N) is 1. The highest BCUT2D eigenvalue weighted by Crippen LogP contribution is 2.23. The lowest BCUT2D eigenvalue weighted by molar-refractivity contribution is -0.00576. The zero-order valence-corrected chi connectivity index (χ0v) is 18.8. The molecule has 5 rings (SSSR count). The average molecular weight is 436 g/mol. The van der Waals surface area contributed by atoms with E-state index >= 15 is 0 Å².